The number of hydrogen-bond acceptors (Lipinski definition) is 3. The highest BCUT2D eigenvalue weighted by molar-refractivity contribution is 5.57. The van der Waals surface area contributed by atoms with Crippen LogP contribution in [0.5, 0.6) is 11.5 Å². The third kappa shape index (κ3) is 2.44. The summed E-state index contributed by atoms with van der Waals surface area (Å²) in [4.78, 5) is 0. The monoisotopic (exact) mass is 238 g/mol. The van der Waals surface area contributed by atoms with E-state index in [1.807, 2.05) is 32.0 Å². The molecule has 2 aromatic carbocycles. The van der Waals surface area contributed by atoms with Crippen molar-refractivity contribution in [3.63, 3.8) is 0 Å². The molecule has 0 amide bonds. The van der Waals surface area contributed by atoms with Crippen LogP contribution in [0.25, 0.3) is 0 Å². The molecule has 0 saturated carbocycles. The number of nitriles is 1. The fraction of sp³-hybridized carbons (Fsp3) is 0.133. The molecule has 0 aliphatic carbocycles. The summed E-state index contributed by atoms with van der Waals surface area (Å²) in [7, 11) is 0. The average molecular weight is 238 g/mol. The number of anilines is 1. The van der Waals surface area contributed by atoms with Crippen molar-refractivity contribution in [2.75, 3.05) is 5.73 Å². The Labute approximate surface area is 106 Å². The van der Waals surface area contributed by atoms with Crippen molar-refractivity contribution in [3.8, 4) is 17.6 Å². The Bertz CT molecular complexity index is 627. The second-order valence-electron chi connectivity index (χ2n) is 4.25. The molecule has 2 aromatic rings. The predicted molar refractivity (Wildman–Crippen MR) is 71.6 cm³/mol. The van der Waals surface area contributed by atoms with Crippen molar-refractivity contribution in [1.29, 1.82) is 5.26 Å². The minimum absolute atomic E-state index is 0.510. The van der Waals surface area contributed by atoms with Gasteiger partial charge in [0.25, 0.3) is 0 Å². The zero-order valence-electron chi connectivity index (χ0n) is 10.4. The van der Waals surface area contributed by atoms with Gasteiger partial charge in [0.1, 0.15) is 11.8 Å². The summed E-state index contributed by atoms with van der Waals surface area (Å²) in [5, 5.41) is 9.08. The Morgan fingerprint density at radius 2 is 1.67 bits per heavy atom. The third-order valence-corrected chi connectivity index (χ3v) is 2.64. The molecule has 0 aliphatic heterocycles. The van der Waals surface area contributed by atoms with E-state index in [-0.39, 0.29) is 0 Å². The maximum absolute atomic E-state index is 9.08. The highest BCUT2D eigenvalue weighted by Crippen LogP contribution is 2.30. The Morgan fingerprint density at radius 1 is 1.00 bits per heavy atom. The number of hydrogen-bond donors (Lipinski definition) is 1. The van der Waals surface area contributed by atoms with Gasteiger partial charge in [0.2, 0.25) is 0 Å². The molecule has 90 valence electrons. The van der Waals surface area contributed by atoms with Gasteiger partial charge in [0.05, 0.1) is 11.3 Å². The first-order chi connectivity index (χ1) is 8.60. The molecule has 0 aromatic heterocycles. The van der Waals surface area contributed by atoms with Gasteiger partial charge in [-0.2, -0.15) is 5.26 Å². The van der Waals surface area contributed by atoms with E-state index >= 15 is 0 Å². The molecule has 0 fully saturated rings. The van der Waals surface area contributed by atoms with Gasteiger partial charge in [-0.25, -0.2) is 0 Å². The molecule has 3 nitrogen and oxygen atoms in total. The normalized spacial score (nSPS) is 9.83. The molecular formula is C15H14N2O. The molecule has 0 saturated heterocycles. The van der Waals surface area contributed by atoms with Crippen molar-refractivity contribution in [3.05, 3.63) is 53.1 Å². The van der Waals surface area contributed by atoms with Gasteiger partial charge in [-0.3, -0.25) is 0 Å². The second-order valence-corrected chi connectivity index (χ2v) is 4.25. The molecule has 0 bridgehead atoms. The summed E-state index contributed by atoms with van der Waals surface area (Å²) >= 11 is 0. The smallest absolute Gasteiger partial charge is 0.150 e. The molecule has 0 spiro atoms. The van der Waals surface area contributed by atoms with Crippen LogP contribution >= 0.6 is 0 Å². The Balaban J connectivity index is 2.40. The standard InChI is InChI=1S/C15H14N2O/c1-10-4-6-14(12(7-10)9-16)18-15-8-11(2)3-5-13(15)17/h3-8H,17H2,1-2H3. The largest absolute Gasteiger partial charge is 0.454 e. The van der Waals surface area contributed by atoms with Crippen LogP contribution in [0, 0.1) is 25.2 Å². The van der Waals surface area contributed by atoms with Crippen molar-refractivity contribution in [1.82, 2.24) is 0 Å². The van der Waals surface area contributed by atoms with Crippen LogP contribution in [0.3, 0.4) is 0 Å². The molecule has 0 atom stereocenters. The molecule has 18 heavy (non-hydrogen) atoms. The molecule has 2 rings (SSSR count). The molecule has 2 N–H and O–H groups in total. The van der Waals surface area contributed by atoms with Gasteiger partial charge in [0, 0.05) is 0 Å². The van der Waals surface area contributed by atoms with E-state index in [1.165, 1.54) is 0 Å². The lowest BCUT2D eigenvalue weighted by Gasteiger charge is -2.10. The summed E-state index contributed by atoms with van der Waals surface area (Å²) in [5.74, 6) is 1.11. The van der Waals surface area contributed by atoms with Crippen molar-refractivity contribution in [2.45, 2.75) is 13.8 Å². The van der Waals surface area contributed by atoms with Crippen LogP contribution in [0.4, 0.5) is 5.69 Å². The number of benzene rings is 2. The van der Waals surface area contributed by atoms with Gasteiger partial charge in [-0.1, -0.05) is 12.1 Å². The SMILES string of the molecule is Cc1ccc(Oc2cc(C)ccc2N)c(C#N)c1. The van der Waals surface area contributed by atoms with Crippen LogP contribution in [-0.4, -0.2) is 0 Å². The third-order valence-electron chi connectivity index (χ3n) is 2.64. The molecule has 0 unspecified atom stereocenters. The first-order valence-electron chi connectivity index (χ1n) is 5.65. The Morgan fingerprint density at radius 3 is 2.39 bits per heavy atom. The fourth-order valence-corrected chi connectivity index (χ4v) is 1.67. The average Bonchev–Trinajstić information content (AvgIpc) is 2.36. The van der Waals surface area contributed by atoms with Crippen LogP contribution in [0.15, 0.2) is 36.4 Å². The number of nitrogens with two attached hydrogens (primary N) is 1. The summed E-state index contributed by atoms with van der Waals surface area (Å²) in [6.45, 7) is 3.90. The van der Waals surface area contributed by atoms with Gasteiger partial charge in [-0.05, 0) is 49.2 Å². The first kappa shape index (κ1) is 12.0. The number of nitrogen functional groups attached to an aromatic ring is 1. The predicted octanol–water partition coefficient (Wildman–Crippen LogP) is 3.55. The van der Waals surface area contributed by atoms with E-state index in [0.29, 0.717) is 22.7 Å². The summed E-state index contributed by atoms with van der Waals surface area (Å²) < 4.78 is 5.72. The highest BCUT2D eigenvalue weighted by Gasteiger charge is 2.07. The van der Waals surface area contributed by atoms with Gasteiger partial charge in [0.15, 0.2) is 5.75 Å². The van der Waals surface area contributed by atoms with E-state index in [0.717, 1.165) is 11.1 Å². The van der Waals surface area contributed by atoms with Crippen LogP contribution < -0.4 is 10.5 Å². The minimum atomic E-state index is 0.510. The summed E-state index contributed by atoms with van der Waals surface area (Å²) in [6, 6.07) is 13.2. The number of aryl methyl sites for hydroxylation is 2. The van der Waals surface area contributed by atoms with Gasteiger partial charge < -0.3 is 10.5 Å². The highest BCUT2D eigenvalue weighted by atomic mass is 16.5. The van der Waals surface area contributed by atoms with Gasteiger partial charge in [-0.15, -0.1) is 0 Å². The first-order valence-corrected chi connectivity index (χ1v) is 5.65. The molecule has 0 aliphatic rings. The van der Waals surface area contributed by atoms with E-state index in [1.54, 1.807) is 18.2 Å². The number of nitrogens with zero attached hydrogens (tertiary/aromatic N) is 1. The molecule has 0 heterocycles. The van der Waals surface area contributed by atoms with E-state index in [2.05, 4.69) is 6.07 Å². The lowest BCUT2D eigenvalue weighted by Crippen LogP contribution is -1.94. The zero-order chi connectivity index (χ0) is 13.1. The lowest BCUT2D eigenvalue weighted by molar-refractivity contribution is 0.483. The lowest BCUT2D eigenvalue weighted by atomic mass is 10.1. The van der Waals surface area contributed by atoms with E-state index in [9.17, 15) is 0 Å². The van der Waals surface area contributed by atoms with Crippen LogP contribution in [-0.2, 0) is 0 Å². The minimum Gasteiger partial charge on any atom is -0.454 e. The van der Waals surface area contributed by atoms with Crippen LogP contribution in [0.2, 0.25) is 0 Å². The van der Waals surface area contributed by atoms with Crippen molar-refractivity contribution < 1.29 is 4.74 Å². The quantitative estimate of drug-likeness (QED) is 0.814. The molecule has 0 radical (unpaired) electrons. The fourth-order valence-electron chi connectivity index (χ4n) is 1.67. The van der Waals surface area contributed by atoms with Gasteiger partial charge >= 0.3 is 0 Å². The van der Waals surface area contributed by atoms with E-state index < -0.39 is 0 Å². The Hall–Kier alpha value is -2.47. The van der Waals surface area contributed by atoms with Crippen molar-refractivity contribution >= 4 is 5.69 Å². The number of rotatable bonds is 2. The van der Waals surface area contributed by atoms with E-state index in [4.69, 9.17) is 15.7 Å². The Kier molecular flexibility index (Phi) is 3.20. The zero-order valence-corrected chi connectivity index (χ0v) is 10.4. The second kappa shape index (κ2) is 4.80. The molecular weight excluding hydrogens is 224 g/mol. The maximum Gasteiger partial charge on any atom is 0.150 e. The molecule has 3 heteroatoms. The maximum atomic E-state index is 9.08. The van der Waals surface area contributed by atoms with Crippen LogP contribution in [0.1, 0.15) is 16.7 Å². The summed E-state index contributed by atoms with van der Waals surface area (Å²) in [5.41, 5.74) is 9.01. The number of ether oxygens (including phenoxy) is 1. The summed E-state index contributed by atoms with van der Waals surface area (Å²) in [6.07, 6.45) is 0. The topological polar surface area (TPSA) is 59.0 Å². The van der Waals surface area contributed by atoms with Crippen molar-refractivity contribution in [2.24, 2.45) is 0 Å².